The predicted molar refractivity (Wildman–Crippen MR) is 131 cm³/mol. The van der Waals surface area contributed by atoms with E-state index in [2.05, 4.69) is 20.6 Å². The monoisotopic (exact) mass is 440 g/mol. The standard InChI is InChI=1S/C26H21ClN4O/c1-18-28-24(20-8-3-2-4-9-20)17-25(29-18)30-22-11-6-12-23(16-22)31-26(32)14-13-19-7-5-10-21(27)15-19/h2-17H,1H3,(H,31,32)(H,28,29,30)/b14-13+. The second kappa shape index (κ2) is 9.90. The molecule has 1 aromatic heterocycles. The van der Waals surface area contributed by atoms with Crippen LogP contribution < -0.4 is 10.6 Å². The number of carbonyl (C=O) groups is 1. The van der Waals surface area contributed by atoms with Crippen molar-refractivity contribution in [3.8, 4) is 11.3 Å². The fourth-order valence-electron chi connectivity index (χ4n) is 3.18. The lowest BCUT2D eigenvalue weighted by atomic mass is 10.1. The molecule has 0 aliphatic carbocycles. The summed E-state index contributed by atoms with van der Waals surface area (Å²) in [7, 11) is 0. The number of nitrogens with one attached hydrogen (secondary N) is 2. The van der Waals surface area contributed by atoms with Gasteiger partial charge < -0.3 is 10.6 Å². The fourth-order valence-corrected chi connectivity index (χ4v) is 3.38. The van der Waals surface area contributed by atoms with Gasteiger partial charge in [-0.2, -0.15) is 0 Å². The van der Waals surface area contributed by atoms with Crippen molar-refractivity contribution in [2.45, 2.75) is 6.92 Å². The molecule has 2 N–H and O–H groups in total. The molecule has 0 aliphatic heterocycles. The number of benzene rings is 3. The Kier molecular flexibility index (Phi) is 6.58. The zero-order valence-electron chi connectivity index (χ0n) is 17.4. The SMILES string of the molecule is Cc1nc(Nc2cccc(NC(=O)/C=C/c3cccc(Cl)c3)c2)cc(-c2ccccc2)n1. The van der Waals surface area contributed by atoms with Gasteiger partial charge in [0.1, 0.15) is 11.6 Å². The number of halogens is 1. The topological polar surface area (TPSA) is 66.9 Å². The summed E-state index contributed by atoms with van der Waals surface area (Å²) < 4.78 is 0. The minimum Gasteiger partial charge on any atom is -0.340 e. The third-order valence-corrected chi connectivity index (χ3v) is 4.82. The lowest BCUT2D eigenvalue weighted by molar-refractivity contribution is -0.111. The fraction of sp³-hybridized carbons (Fsp3) is 0.0385. The van der Waals surface area contributed by atoms with Crippen LogP contribution in [0.4, 0.5) is 17.2 Å². The molecule has 3 aromatic carbocycles. The number of rotatable bonds is 6. The van der Waals surface area contributed by atoms with E-state index in [0.29, 0.717) is 22.4 Å². The van der Waals surface area contributed by atoms with Crippen LogP contribution >= 0.6 is 11.6 Å². The molecule has 6 heteroatoms. The first-order valence-electron chi connectivity index (χ1n) is 10.1. The number of nitrogens with zero attached hydrogens (tertiary/aromatic N) is 2. The highest BCUT2D eigenvalue weighted by atomic mass is 35.5. The molecule has 1 amide bonds. The van der Waals surface area contributed by atoms with Crippen molar-refractivity contribution in [3.05, 3.63) is 107 Å². The molecule has 0 saturated heterocycles. The van der Waals surface area contributed by atoms with E-state index < -0.39 is 0 Å². The van der Waals surface area contributed by atoms with E-state index in [1.807, 2.05) is 79.7 Å². The molecule has 0 atom stereocenters. The van der Waals surface area contributed by atoms with Gasteiger partial charge >= 0.3 is 0 Å². The number of amides is 1. The Morgan fingerprint density at radius 1 is 0.875 bits per heavy atom. The summed E-state index contributed by atoms with van der Waals surface area (Å²) in [6, 6.07) is 26.6. The average Bonchev–Trinajstić information content (AvgIpc) is 2.78. The molecule has 4 rings (SSSR count). The van der Waals surface area contributed by atoms with Gasteiger partial charge in [-0.1, -0.05) is 60.1 Å². The molecule has 0 aliphatic rings. The van der Waals surface area contributed by atoms with Gasteiger partial charge in [0.25, 0.3) is 0 Å². The Morgan fingerprint density at radius 2 is 1.66 bits per heavy atom. The normalized spacial score (nSPS) is 10.8. The highest BCUT2D eigenvalue weighted by Gasteiger charge is 2.06. The summed E-state index contributed by atoms with van der Waals surface area (Å²) in [5, 5.41) is 6.79. The van der Waals surface area contributed by atoms with Crippen LogP contribution in [0.2, 0.25) is 5.02 Å². The molecule has 32 heavy (non-hydrogen) atoms. The molecule has 0 fully saturated rings. The average molecular weight is 441 g/mol. The molecule has 0 unspecified atom stereocenters. The highest BCUT2D eigenvalue weighted by Crippen LogP contribution is 2.23. The van der Waals surface area contributed by atoms with Gasteiger partial charge in [0.05, 0.1) is 5.69 Å². The summed E-state index contributed by atoms with van der Waals surface area (Å²) in [5.74, 6) is 1.12. The molecule has 0 radical (unpaired) electrons. The first-order chi connectivity index (χ1) is 15.5. The largest absolute Gasteiger partial charge is 0.340 e. The van der Waals surface area contributed by atoms with Gasteiger partial charge in [0.2, 0.25) is 5.91 Å². The number of anilines is 3. The smallest absolute Gasteiger partial charge is 0.248 e. The Hall–Kier alpha value is -3.96. The van der Waals surface area contributed by atoms with Crippen molar-refractivity contribution >= 4 is 40.8 Å². The molecule has 158 valence electrons. The van der Waals surface area contributed by atoms with Crippen LogP contribution in [0.3, 0.4) is 0 Å². The van der Waals surface area contributed by atoms with Crippen molar-refractivity contribution in [1.29, 1.82) is 0 Å². The summed E-state index contributed by atoms with van der Waals surface area (Å²) in [6.07, 6.45) is 3.20. The summed E-state index contributed by atoms with van der Waals surface area (Å²) >= 11 is 5.98. The lowest BCUT2D eigenvalue weighted by Gasteiger charge is -2.10. The minimum absolute atomic E-state index is 0.230. The number of aromatic nitrogens is 2. The van der Waals surface area contributed by atoms with Gasteiger partial charge in [0, 0.05) is 34.1 Å². The van der Waals surface area contributed by atoms with E-state index in [4.69, 9.17) is 11.6 Å². The van der Waals surface area contributed by atoms with Gasteiger partial charge in [-0.15, -0.1) is 0 Å². The Morgan fingerprint density at radius 3 is 2.47 bits per heavy atom. The number of hydrogen-bond donors (Lipinski definition) is 2. The van der Waals surface area contributed by atoms with E-state index in [0.717, 1.165) is 22.5 Å². The van der Waals surface area contributed by atoms with Crippen molar-refractivity contribution in [2.75, 3.05) is 10.6 Å². The number of hydrogen-bond acceptors (Lipinski definition) is 4. The van der Waals surface area contributed by atoms with E-state index in [1.54, 1.807) is 18.2 Å². The zero-order chi connectivity index (χ0) is 22.3. The maximum Gasteiger partial charge on any atom is 0.248 e. The van der Waals surface area contributed by atoms with Crippen LogP contribution in [-0.4, -0.2) is 15.9 Å². The van der Waals surface area contributed by atoms with Crippen LogP contribution in [0.25, 0.3) is 17.3 Å². The maximum absolute atomic E-state index is 12.3. The van der Waals surface area contributed by atoms with Crippen molar-refractivity contribution in [3.63, 3.8) is 0 Å². The predicted octanol–water partition coefficient (Wildman–Crippen LogP) is 6.50. The molecule has 4 aromatic rings. The van der Waals surface area contributed by atoms with Gasteiger partial charge in [0.15, 0.2) is 0 Å². The molecule has 1 heterocycles. The van der Waals surface area contributed by atoms with E-state index in [1.165, 1.54) is 6.08 Å². The summed E-state index contributed by atoms with van der Waals surface area (Å²) in [5.41, 5.74) is 4.20. The van der Waals surface area contributed by atoms with Gasteiger partial charge in [-0.3, -0.25) is 4.79 Å². The second-order valence-corrected chi connectivity index (χ2v) is 7.57. The maximum atomic E-state index is 12.3. The van der Waals surface area contributed by atoms with Crippen LogP contribution in [0.5, 0.6) is 0 Å². The summed E-state index contributed by atoms with van der Waals surface area (Å²) in [6.45, 7) is 1.86. The van der Waals surface area contributed by atoms with Gasteiger partial charge in [-0.25, -0.2) is 9.97 Å². The Labute approximate surface area is 191 Å². The summed E-state index contributed by atoms with van der Waals surface area (Å²) in [4.78, 5) is 21.3. The van der Waals surface area contributed by atoms with E-state index in [-0.39, 0.29) is 5.91 Å². The van der Waals surface area contributed by atoms with Crippen LogP contribution in [0.15, 0.2) is 91.0 Å². The first kappa shape index (κ1) is 21.3. The second-order valence-electron chi connectivity index (χ2n) is 7.14. The van der Waals surface area contributed by atoms with E-state index in [9.17, 15) is 4.79 Å². The Balaban J connectivity index is 1.46. The van der Waals surface area contributed by atoms with Crippen LogP contribution in [-0.2, 0) is 4.79 Å². The third-order valence-electron chi connectivity index (χ3n) is 4.59. The molecule has 0 spiro atoms. The van der Waals surface area contributed by atoms with Crippen LogP contribution in [0.1, 0.15) is 11.4 Å². The van der Waals surface area contributed by atoms with Crippen molar-refractivity contribution in [2.24, 2.45) is 0 Å². The molecular weight excluding hydrogens is 420 g/mol. The minimum atomic E-state index is -0.230. The molecule has 5 nitrogen and oxygen atoms in total. The van der Waals surface area contributed by atoms with Crippen molar-refractivity contribution < 1.29 is 4.79 Å². The molecule has 0 saturated carbocycles. The van der Waals surface area contributed by atoms with Gasteiger partial charge in [-0.05, 0) is 48.9 Å². The highest BCUT2D eigenvalue weighted by molar-refractivity contribution is 6.30. The third kappa shape index (κ3) is 5.80. The van der Waals surface area contributed by atoms with Crippen molar-refractivity contribution in [1.82, 2.24) is 9.97 Å². The molecule has 0 bridgehead atoms. The Bertz CT molecular complexity index is 1270. The number of carbonyl (C=O) groups excluding carboxylic acids is 1. The first-order valence-corrected chi connectivity index (χ1v) is 10.5. The molecular formula is C26H21ClN4O. The quantitative estimate of drug-likeness (QED) is 0.336. The van der Waals surface area contributed by atoms with E-state index >= 15 is 0 Å². The van der Waals surface area contributed by atoms with Crippen LogP contribution in [0, 0.1) is 6.92 Å². The lowest BCUT2D eigenvalue weighted by Crippen LogP contribution is -2.08. The number of aryl methyl sites for hydroxylation is 1. The zero-order valence-corrected chi connectivity index (χ0v) is 18.2.